The summed E-state index contributed by atoms with van der Waals surface area (Å²) in [7, 11) is 0. The summed E-state index contributed by atoms with van der Waals surface area (Å²) in [6, 6.07) is 9.30. The molecule has 0 fully saturated rings. The molecule has 0 bridgehead atoms. The molecule has 0 aliphatic rings. The first-order chi connectivity index (χ1) is 15.0. The lowest BCUT2D eigenvalue weighted by atomic mass is 9.95. The van der Waals surface area contributed by atoms with Crippen molar-refractivity contribution in [2.45, 2.75) is 26.2 Å². The van der Waals surface area contributed by atoms with E-state index in [4.69, 9.17) is 10.5 Å². The first-order valence-corrected chi connectivity index (χ1v) is 10.2. The zero-order valence-corrected chi connectivity index (χ0v) is 19.1. The van der Waals surface area contributed by atoms with Crippen molar-refractivity contribution in [2.24, 2.45) is 10.8 Å². The minimum atomic E-state index is -0.755. The van der Waals surface area contributed by atoms with Crippen LogP contribution in [-0.2, 0) is 10.2 Å². The number of carbonyl (C=O) groups excluding carboxylic acids is 1. The van der Waals surface area contributed by atoms with Crippen LogP contribution in [0, 0.1) is 10.1 Å². The molecular formula is C21H20BrN5O5. The molecule has 1 aromatic heterocycles. The van der Waals surface area contributed by atoms with E-state index in [2.05, 4.69) is 26.0 Å². The summed E-state index contributed by atoms with van der Waals surface area (Å²) in [5, 5.41) is 16.1. The molecule has 11 heteroatoms. The van der Waals surface area contributed by atoms with Gasteiger partial charge in [-0.05, 0) is 30.3 Å². The Balaban J connectivity index is 2.10. The summed E-state index contributed by atoms with van der Waals surface area (Å²) in [6.45, 7) is 5.22. The van der Waals surface area contributed by atoms with E-state index < -0.39 is 22.9 Å². The third kappa shape index (κ3) is 4.99. The number of primary amides is 1. The average molecular weight is 502 g/mol. The summed E-state index contributed by atoms with van der Waals surface area (Å²) >= 11 is 3.36. The monoisotopic (exact) mass is 501 g/mol. The number of halogens is 1. The Hall–Kier alpha value is -3.60. The van der Waals surface area contributed by atoms with E-state index in [-0.39, 0.29) is 17.0 Å². The van der Waals surface area contributed by atoms with Crippen molar-refractivity contribution in [1.82, 2.24) is 9.66 Å². The van der Waals surface area contributed by atoms with Crippen LogP contribution >= 0.6 is 15.9 Å². The molecule has 10 nitrogen and oxygen atoms in total. The maximum absolute atomic E-state index is 13.2. The molecule has 0 aliphatic carbocycles. The van der Waals surface area contributed by atoms with E-state index in [0.717, 1.165) is 4.47 Å². The lowest BCUT2D eigenvalue weighted by Gasteiger charge is -2.20. The second-order valence-electron chi connectivity index (χ2n) is 7.95. The van der Waals surface area contributed by atoms with Gasteiger partial charge < -0.3 is 10.5 Å². The molecule has 2 aromatic carbocycles. The van der Waals surface area contributed by atoms with Crippen LogP contribution in [0.4, 0.5) is 5.69 Å². The van der Waals surface area contributed by atoms with Crippen molar-refractivity contribution in [3.63, 3.8) is 0 Å². The number of nitro groups is 1. The molecule has 3 rings (SSSR count). The number of rotatable bonds is 6. The summed E-state index contributed by atoms with van der Waals surface area (Å²) in [5.74, 6) is -0.422. The van der Waals surface area contributed by atoms with E-state index in [0.29, 0.717) is 22.3 Å². The van der Waals surface area contributed by atoms with Gasteiger partial charge in [0.05, 0.1) is 22.0 Å². The highest BCUT2D eigenvalue weighted by Gasteiger charge is 2.23. The molecule has 0 aliphatic heterocycles. The van der Waals surface area contributed by atoms with Crippen LogP contribution < -0.4 is 16.0 Å². The Morgan fingerprint density at radius 3 is 2.66 bits per heavy atom. The van der Waals surface area contributed by atoms with Crippen LogP contribution in [-0.4, -0.2) is 33.3 Å². The largest absolute Gasteiger partial charge is 0.477 e. The Bertz CT molecular complexity index is 1310. The number of nitrogens with zero attached hydrogens (tertiary/aromatic N) is 4. The first-order valence-electron chi connectivity index (χ1n) is 9.44. The molecule has 0 radical (unpaired) electrons. The summed E-state index contributed by atoms with van der Waals surface area (Å²) in [6.07, 6.45) is 1.33. The first kappa shape index (κ1) is 23.1. The summed E-state index contributed by atoms with van der Waals surface area (Å²) in [5.41, 5.74) is 4.69. The van der Waals surface area contributed by atoms with Gasteiger partial charge in [0.25, 0.3) is 11.5 Å². The lowest BCUT2D eigenvalue weighted by molar-refractivity contribution is -0.385. The normalized spacial score (nSPS) is 11.8. The number of hydrogen-bond donors (Lipinski definition) is 1. The van der Waals surface area contributed by atoms with E-state index in [9.17, 15) is 19.7 Å². The average Bonchev–Trinajstić information content (AvgIpc) is 2.71. The van der Waals surface area contributed by atoms with Gasteiger partial charge >= 0.3 is 5.69 Å². The van der Waals surface area contributed by atoms with Crippen molar-refractivity contribution in [2.75, 3.05) is 6.61 Å². The van der Waals surface area contributed by atoms with Gasteiger partial charge in [0, 0.05) is 21.5 Å². The Labute approximate surface area is 191 Å². The quantitative estimate of drug-likeness (QED) is 0.312. The number of amides is 1. The fourth-order valence-corrected chi connectivity index (χ4v) is 3.26. The van der Waals surface area contributed by atoms with Crippen molar-refractivity contribution in [3.05, 3.63) is 72.7 Å². The minimum absolute atomic E-state index is 0.101. The fourth-order valence-electron chi connectivity index (χ4n) is 2.89. The molecule has 0 saturated heterocycles. The van der Waals surface area contributed by atoms with Crippen molar-refractivity contribution in [1.29, 1.82) is 0 Å². The van der Waals surface area contributed by atoms with Crippen LogP contribution in [0.25, 0.3) is 10.9 Å². The van der Waals surface area contributed by atoms with E-state index >= 15 is 0 Å². The van der Waals surface area contributed by atoms with Crippen LogP contribution in [0.15, 0.2) is 50.8 Å². The standard InChI is InChI=1S/C21H20BrN5O5/c1-21(2,3)20-25-15-6-5-13(22)9-14(15)19(29)26(20)24-10-12-4-7-17(32-11-18(23)28)16(8-12)27(30)31/h4-10H,11H2,1-3H3,(H2,23,28). The number of hydrogen-bond acceptors (Lipinski definition) is 7. The van der Waals surface area contributed by atoms with Gasteiger partial charge in [-0.3, -0.25) is 19.7 Å². The maximum atomic E-state index is 13.2. The zero-order chi connectivity index (χ0) is 23.6. The third-order valence-corrected chi connectivity index (χ3v) is 4.84. The second-order valence-corrected chi connectivity index (χ2v) is 8.86. The SMILES string of the molecule is CC(C)(C)c1nc2ccc(Br)cc2c(=O)n1N=Cc1ccc(OCC(N)=O)c([N+](=O)[O-])c1. The number of carbonyl (C=O) groups is 1. The van der Waals surface area contributed by atoms with Gasteiger partial charge in [0.1, 0.15) is 5.82 Å². The number of nitro benzene ring substituents is 1. The summed E-state index contributed by atoms with van der Waals surface area (Å²) < 4.78 is 7.01. The van der Waals surface area contributed by atoms with Crippen molar-refractivity contribution < 1.29 is 14.5 Å². The van der Waals surface area contributed by atoms with Gasteiger partial charge in [0.2, 0.25) is 0 Å². The van der Waals surface area contributed by atoms with Crippen molar-refractivity contribution >= 4 is 44.6 Å². The topological polar surface area (TPSA) is 143 Å². The molecule has 1 amide bonds. The lowest BCUT2D eigenvalue weighted by Crippen LogP contribution is -2.29. The molecule has 0 atom stereocenters. The highest BCUT2D eigenvalue weighted by atomic mass is 79.9. The highest BCUT2D eigenvalue weighted by Crippen LogP contribution is 2.28. The number of benzene rings is 2. The Kier molecular flexibility index (Phi) is 6.40. The molecule has 32 heavy (non-hydrogen) atoms. The van der Waals surface area contributed by atoms with Crippen LogP contribution in [0.2, 0.25) is 0 Å². The van der Waals surface area contributed by atoms with Gasteiger partial charge in [-0.25, -0.2) is 4.98 Å². The molecule has 3 aromatic rings. The predicted molar refractivity (Wildman–Crippen MR) is 123 cm³/mol. The number of fused-ring (bicyclic) bond motifs is 1. The molecule has 0 saturated carbocycles. The van der Waals surface area contributed by atoms with Gasteiger partial charge in [-0.1, -0.05) is 36.7 Å². The van der Waals surface area contributed by atoms with Crippen molar-refractivity contribution in [3.8, 4) is 5.75 Å². The molecule has 0 unspecified atom stereocenters. The van der Waals surface area contributed by atoms with Crippen LogP contribution in [0.3, 0.4) is 0 Å². The Morgan fingerprint density at radius 2 is 2.03 bits per heavy atom. The Morgan fingerprint density at radius 1 is 1.31 bits per heavy atom. The summed E-state index contributed by atoms with van der Waals surface area (Å²) in [4.78, 5) is 39.4. The van der Waals surface area contributed by atoms with Crippen LogP contribution in [0.5, 0.6) is 5.75 Å². The highest BCUT2D eigenvalue weighted by molar-refractivity contribution is 9.10. The number of ether oxygens (including phenoxy) is 1. The van der Waals surface area contributed by atoms with Crippen LogP contribution in [0.1, 0.15) is 32.2 Å². The molecule has 0 spiro atoms. The molecular weight excluding hydrogens is 482 g/mol. The molecule has 1 heterocycles. The minimum Gasteiger partial charge on any atom is -0.477 e. The molecule has 2 N–H and O–H groups in total. The smallest absolute Gasteiger partial charge is 0.311 e. The maximum Gasteiger partial charge on any atom is 0.311 e. The molecule has 166 valence electrons. The predicted octanol–water partition coefficient (Wildman–Crippen LogP) is 3.11. The van der Waals surface area contributed by atoms with E-state index in [1.165, 1.54) is 29.1 Å². The van der Waals surface area contributed by atoms with Gasteiger partial charge in [0.15, 0.2) is 12.4 Å². The fraction of sp³-hybridized carbons (Fsp3) is 0.238. The zero-order valence-electron chi connectivity index (χ0n) is 17.5. The second kappa shape index (κ2) is 8.87. The number of nitrogens with two attached hydrogens (primary N) is 1. The van der Waals surface area contributed by atoms with E-state index in [1.54, 1.807) is 18.2 Å². The van der Waals surface area contributed by atoms with Gasteiger partial charge in [-0.2, -0.15) is 9.78 Å². The number of aromatic nitrogens is 2. The van der Waals surface area contributed by atoms with E-state index in [1.807, 2.05) is 20.8 Å². The van der Waals surface area contributed by atoms with Gasteiger partial charge in [-0.15, -0.1) is 0 Å². The third-order valence-electron chi connectivity index (χ3n) is 4.35.